The van der Waals surface area contributed by atoms with E-state index in [9.17, 15) is 13.2 Å². The number of nitrogens with two attached hydrogens (primary N) is 1. The van der Waals surface area contributed by atoms with Crippen molar-refractivity contribution in [3.05, 3.63) is 42.3 Å². The van der Waals surface area contributed by atoms with E-state index < -0.39 is 11.7 Å². The fourth-order valence-electron chi connectivity index (χ4n) is 1.36. The maximum Gasteiger partial charge on any atom is 0.418 e. The Kier molecular flexibility index (Phi) is 3.41. The van der Waals surface area contributed by atoms with Crippen molar-refractivity contribution in [3.63, 3.8) is 0 Å². The number of rotatable bonds is 2. The largest absolute Gasteiger partial charge is 0.432 e. The number of halogens is 3. The Morgan fingerprint density at radius 1 is 1.32 bits per heavy atom. The first kappa shape index (κ1) is 12.9. The molecule has 0 aliphatic carbocycles. The minimum atomic E-state index is -4.50. The number of nitrogens with zero attached hydrogens (tertiary/aromatic N) is 2. The third kappa shape index (κ3) is 3.24. The minimum absolute atomic E-state index is 0.0470. The second-order valence-corrected chi connectivity index (χ2v) is 3.47. The Morgan fingerprint density at radius 2 is 2.05 bits per heavy atom. The van der Waals surface area contributed by atoms with Crippen LogP contribution in [0.5, 0.6) is 0 Å². The summed E-state index contributed by atoms with van der Waals surface area (Å²) >= 11 is 0. The normalized spacial score (nSPS) is 12.5. The maximum atomic E-state index is 12.7. The van der Waals surface area contributed by atoms with Crippen molar-refractivity contribution in [1.29, 1.82) is 0 Å². The topological polar surface area (TPSA) is 76.4 Å². The number of anilines is 1. The van der Waals surface area contributed by atoms with E-state index in [1.165, 1.54) is 30.7 Å². The van der Waals surface area contributed by atoms with Crippen LogP contribution in [-0.4, -0.2) is 10.9 Å². The van der Waals surface area contributed by atoms with Gasteiger partial charge in [-0.2, -0.15) is 13.2 Å². The molecule has 0 aliphatic heterocycles. The summed E-state index contributed by atoms with van der Waals surface area (Å²) in [5, 5.41) is 2.43. The highest BCUT2D eigenvalue weighted by molar-refractivity contribution is 5.92. The van der Waals surface area contributed by atoms with E-state index in [-0.39, 0.29) is 17.7 Å². The Balaban J connectivity index is 2.27. The summed E-state index contributed by atoms with van der Waals surface area (Å²) < 4.78 is 43.0. The van der Waals surface area contributed by atoms with Crippen LogP contribution in [0.4, 0.5) is 24.9 Å². The highest BCUT2D eigenvalue weighted by Gasteiger charge is 2.33. The monoisotopic (exact) mass is 270 g/mol. The summed E-state index contributed by atoms with van der Waals surface area (Å²) in [5.74, 6) is -0.251. The van der Waals surface area contributed by atoms with Gasteiger partial charge in [0.1, 0.15) is 6.26 Å². The molecule has 1 aromatic carbocycles. The minimum Gasteiger partial charge on any atom is -0.432 e. The van der Waals surface area contributed by atoms with Gasteiger partial charge in [-0.15, -0.1) is 0 Å². The lowest BCUT2D eigenvalue weighted by atomic mass is 10.2. The molecule has 8 heteroatoms. The van der Waals surface area contributed by atoms with Crippen LogP contribution in [0.15, 0.2) is 46.1 Å². The molecule has 0 unspecified atom stereocenters. The molecule has 1 aromatic heterocycles. The van der Waals surface area contributed by atoms with Crippen molar-refractivity contribution in [2.24, 2.45) is 10.7 Å². The average Bonchev–Trinajstić information content (AvgIpc) is 2.81. The molecule has 0 radical (unpaired) electrons. The van der Waals surface area contributed by atoms with Crippen molar-refractivity contribution in [2.45, 2.75) is 6.18 Å². The molecular weight excluding hydrogens is 261 g/mol. The van der Waals surface area contributed by atoms with Gasteiger partial charge in [0.05, 0.1) is 17.4 Å². The van der Waals surface area contributed by atoms with Crippen LogP contribution >= 0.6 is 0 Å². The molecule has 1 heterocycles. The number of para-hydroxylation sites is 1. The van der Waals surface area contributed by atoms with E-state index in [1.54, 1.807) is 0 Å². The smallest absolute Gasteiger partial charge is 0.418 e. The Bertz CT molecular complexity index is 578. The molecule has 0 aliphatic rings. The highest BCUT2D eigenvalue weighted by atomic mass is 19.4. The quantitative estimate of drug-likeness (QED) is 0.649. The molecule has 0 saturated carbocycles. The molecule has 0 bridgehead atoms. The lowest BCUT2D eigenvalue weighted by Gasteiger charge is -2.09. The number of benzene rings is 1. The zero-order valence-electron chi connectivity index (χ0n) is 9.48. The molecule has 0 saturated heterocycles. The van der Waals surface area contributed by atoms with E-state index in [4.69, 9.17) is 10.2 Å². The molecule has 2 aromatic rings. The molecule has 2 rings (SSSR count). The Morgan fingerprint density at radius 3 is 2.68 bits per heavy atom. The van der Waals surface area contributed by atoms with Crippen molar-refractivity contribution < 1.29 is 17.6 Å². The second-order valence-electron chi connectivity index (χ2n) is 3.47. The number of aromatic nitrogens is 1. The maximum absolute atomic E-state index is 12.7. The van der Waals surface area contributed by atoms with E-state index in [0.29, 0.717) is 0 Å². The standard InChI is InChI=1S/C11H9F3N4O/c12-11(13,14)7-3-1-2-4-8(7)17-9(15)18-10-16-5-6-19-10/h1-6H,(H3,15,16,17,18). The van der Waals surface area contributed by atoms with Gasteiger partial charge in [-0.3, -0.25) is 5.32 Å². The van der Waals surface area contributed by atoms with Crippen LogP contribution in [0.1, 0.15) is 5.56 Å². The van der Waals surface area contributed by atoms with Crippen molar-refractivity contribution in [3.8, 4) is 0 Å². The van der Waals surface area contributed by atoms with Gasteiger partial charge in [-0.25, -0.2) is 9.98 Å². The summed E-state index contributed by atoms with van der Waals surface area (Å²) in [6.07, 6.45) is -1.85. The fraction of sp³-hybridized carbons (Fsp3) is 0.0909. The fourth-order valence-corrected chi connectivity index (χ4v) is 1.36. The molecule has 3 N–H and O–H groups in total. The number of hydrogen-bond donors (Lipinski definition) is 2. The van der Waals surface area contributed by atoms with Gasteiger partial charge in [-0.1, -0.05) is 12.1 Å². The zero-order chi connectivity index (χ0) is 13.9. The zero-order valence-corrected chi connectivity index (χ0v) is 9.48. The predicted octanol–water partition coefficient (Wildman–Crippen LogP) is 2.75. The molecule has 100 valence electrons. The Labute approximate surface area is 106 Å². The molecular formula is C11H9F3N4O. The van der Waals surface area contributed by atoms with Gasteiger partial charge >= 0.3 is 12.2 Å². The SMILES string of the molecule is NC(=Nc1ccccc1C(F)(F)F)Nc1ncco1. The van der Waals surface area contributed by atoms with Gasteiger partial charge in [0.25, 0.3) is 0 Å². The van der Waals surface area contributed by atoms with Gasteiger partial charge in [0.2, 0.25) is 5.96 Å². The van der Waals surface area contributed by atoms with E-state index in [0.717, 1.165) is 6.07 Å². The van der Waals surface area contributed by atoms with Crippen LogP contribution in [0, 0.1) is 0 Å². The van der Waals surface area contributed by atoms with Gasteiger partial charge in [0.15, 0.2) is 0 Å². The number of oxazole rings is 1. The molecule has 0 spiro atoms. The molecule has 0 amide bonds. The second kappa shape index (κ2) is 5.01. The van der Waals surface area contributed by atoms with Gasteiger partial charge < -0.3 is 10.2 Å². The third-order valence-corrected chi connectivity index (χ3v) is 2.12. The molecule has 5 nitrogen and oxygen atoms in total. The number of alkyl halides is 3. The number of nitrogens with one attached hydrogen (secondary N) is 1. The summed E-state index contributed by atoms with van der Waals surface area (Å²) in [7, 11) is 0. The van der Waals surface area contributed by atoms with Crippen molar-refractivity contribution >= 4 is 17.7 Å². The summed E-state index contributed by atoms with van der Waals surface area (Å²) in [6.45, 7) is 0. The lowest BCUT2D eigenvalue weighted by molar-refractivity contribution is -0.137. The van der Waals surface area contributed by atoms with E-state index in [1.807, 2.05) is 0 Å². The molecule has 0 fully saturated rings. The highest BCUT2D eigenvalue weighted by Crippen LogP contribution is 2.35. The van der Waals surface area contributed by atoms with Crippen LogP contribution in [0.2, 0.25) is 0 Å². The first-order valence-corrected chi connectivity index (χ1v) is 5.14. The Hall–Kier alpha value is -2.51. The number of guanidine groups is 1. The molecule has 19 heavy (non-hydrogen) atoms. The van der Waals surface area contributed by atoms with Crippen LogP contribution in [-0.2, 0) is 6.18 Å². The number of hydrogen-bond acceptors (Lipinski definition) is 3. The summed E-state index contributed by atoms with van der Waals surface area (Å²) in [5.41, 5.74) is 4.33. The van der Waals surface area contributed by atoms with Crippen molar-refractivity contribution in [1.82, 2.24) is 4.98 Å². The predicted molar refractivity (Wildman–Crippen MR) is 62.9 cm³/mol. The number of aliphatic imine (C=N–C) groups is 1. The van der Waals surface area contributed by atoms with E-state index in [2.05, 4.69) is 15.3 Å². The first-order chi connectivity index (χ1) is 8.97. The van der Waals surface area contributed by atoms with E-state index >= 15 is 0 Å². The summed E-state index contributed by atoms with van der Waals surface area (Å²) in [6, 6.07) is 4.90. The first-order valence-electron chi connectivity index (χ1n) is 5.14. The van der Waals surface area contributed by atoms with Gasteiger partial charge in [0, 0.05) is 0 Å². The van der Waals surface area contributed by atoms with Gasteiger partial charge in [-0.05, 0) is 12.1 Å². The summed E-state index contributed by atoms with van der Waals surface area (Å²) in [4.78, 5) is 7.37. The average molecular weight is 270 g/mol. The van der Waals surface area contributed by atoms with Crippen LogP contribution in [0.25, 0.3) is 0 Å². The third-order valence-electron chi connectivity index (χ3n) is 2.12. The van der Waals surface area contributed by atoms with Crippen LogP contribution in [0.3, 0.4) is 0 Å². The lowest BCUT2D eigenvalue weighted by Crippen LogP contribution is -2.22. The van der Waals surface area contributed by atoms with Crippen molar-refractivity contribution in [2.75, 3.05) is 5.32 Å². The molecule has 0 atom stereocenters. The van der Waals surface area contributed by atoms with Crippen LogP contribution < -0.4 is 11.1 Å².